The van der Waals surface area contributed by atoms with Crippen molar-refractivity contribution in [2.75, 3.05) is 31.6 Å². The monoisotopic (exact) mass is 304 g/mol. The highest BCUT2D eigenvalue weighted by molar-refractivity contribution is 5.91. The van der Waals surface area contributed by atoms with Crippen LogP contribution in [0.15, 0.2) is 18.2 Å². The van der Waals surface area contributed by atoms with E-state index in [2.05, 4.69) is 5.32 Å². The lowest BCUT2D eigenvalue weighted by atomic mass is 10.2. The molecule has 0 saturated carbocycles. The van der Waals surface area contributed by atoms with E-state index < -0.39 is 0 Å². The maximum Gasteiger partial charge on any atom is 0.321 e. The van der Waals surface area contributed by atoms with Crippen LogP contribution in [0, 0.1) is 6.92 Å². The summed E-state index contributed by atoms with van der Waals surface area (Å²) in [4.78, 5) is 14.1. The van der Waals surface area contributed by atoms with E-state index in [0.29, 0.717) is 6.61 Å². The second-order valence-electron chi connectivity index (χ2n) is 6.07. The van der Waals surface area contributed by atoms with E-state index in [1.807, 2.05) is 30.0 Å². The van der Waals surface area contributed by atoms with Crippen LogP contribution in [0.4, 0.5) is 10.5 Å². The molecule has 2 fully saturated rings. The number of hydrogen-bond acceptors (Lipinski definition) is 3. The third kappa shape index (κ3) is 3.71. The molecule has 2 heterocycles. The van der Waals surface area contributed by atoms with Gasteiger partial charge in [-0.15, -0.1) is 0 Å². The average Bonchev–Trinajstić information content (AvgIpc) is 3.20. The molecule has 2 aliphatic rings. The van der Waals surface area contributed by atoms with Gasteiger partial charge in [-0.2, -0.15) is 0 Å². The number of rotatable bonds is 4. The molecule has 1 atom stereocenters. The summed E-state index contributed by atoms with van der Waals surface area (Å²) in [6.07, 6.45) is 4.48. The summed E-state index contributed by atoms with van der Waals surface area (Å²) < 4.78 is 11.5. The number of nitrogens with one attached hydrogen (secondary N) is 1. The molecule has 2 amide bonds. The zero-order chi connectivity index (χ0) is 15.4. The van der Waals surface area contributed by atoms with Gasteiger partial charge in [-0.1, -0.05) is 6.07 Å². The number of urea groups is 1. The van der Waals surface area contributed by atoms with Crippen molar-refractivity contribution < 1.29 is 14.3 Å². The Morgan fingerprint density at radius 3 is 2.91 bits per heavy atom. The summed E-state index contributed by atoms with van der Waals surface area (Å²) in [6.45, 7) is 5.05. The Morgan fingerprint density at radius 1 is 1.36 bits per heavy atom. The Labute approximate surface area is 131 Å². The predicted molar refractivity (Wildman–Crippen MR) is 85.5 cm³/mol. The van der Waals surface area contributed by atoms with Crippen molar-refractivity contribution in [3.63, 3.8) is 0 Å². The Balaban J connectivity index is 1.65. The third-order valence-electron chi connectivity index (χ3n) is 4.22. The van der Waals surface area contributed by atoms with Gasteiger partial charge in [0.15, 0.2) is 0 Å². The van der Waals surface area contributed by atoms with E-state index >= 15 is 0 Å². The number of amides is 2. The third-order valence-corrected chi connectivity index (χ3v) is 4.22. The quantitative estimate of drug-likeness (QED) is 0.929. The maximum absolute atomic E-state index is 12.2. The molecule has 2 saturated heterocycles. The molecule has 120 valence electrons. The topological polar surface area (TPSA) is 50.8 Å². The van der Waals surface area contributed by atoms with E-state index in [9.17, 15) is 4.79 Å². The van der Waals surface area contributed by atoms with Gasteiger partial charge in [0.25, 0.3) is 0 Å². The lowest BCUT2D eigenvalue weighted by Crippen LogP contribution is -2.32. The standard InChI is InChI=1S/C17H24N2O3/c1-13-6-7-15(18-17(20)19-8-2-3-9-19)16(11-13)22-12-14-5-4-10-21-14/h6-7,11,14H,2-5,8-10,12H2,1H3,(H,18,20)/t14-/m1/s1. The zero-order valence-corrected chi connectivity index (χ0v) is 13.1. The van der Waals surface area contributed by atoms with Gasteiger partial charge in [-0.3, -0.25) is 0 Å². The van der Waals surface area contributed by atoms with Crippen molar-refractivity contribution in [2.24, 2.45) is 0 Å². The molecule has 2 aliphatic heterocycles. The molecule has 1 aromatic carbocycles. The van der Waals surface area contributed by atoms with E-state index in [-0.39, 0.29) is 12.1 Å². The Morgan fingerprint density at radius 2 is 2.18 bits per heavy atom. The molecule has 5 heteroatoms. The Hall–Kier alpha value is -1.75. The van der Waals surface area contributed by atoms with Crippen molar-refractivity contribution in [2.45, 2.75) is 38.7 Å². The molecule has 1 aromatic rings. The molecule has 0 aromatic heterocycles. The van der Waals surface area contributed by atoms with Crippen LogP contribution in [0.25, 0.3) is 0 Å². The summed E-state index contributed by atoms with van der Waals surface area (Å²) in [6, 6.07) is 5.82. The first-order valence-corrected chi connectivity index (χ1v) is 8.13. The highest BCUT2D eigenvalue weighted by Crippen LogP contribution is 2.27. The lowest BCUT2D eigenvalue weighted by molar-refractivity contribution is 0.0682. The van der Waals surface area contributed by atoms with Crippen molar-refractivity contribution in [3.8, 4) is 5.75 Å². The minimum absolute atomic E-state index is 0.0386. The van der Waals surface area contributed by atoms with E-state index in [0.717, 1.165) is 62.4 Å². The van der Waals surface area contributed by atoms with Gasteiger partial charge in [-0.05, 0) is 50.3 Å². The number of anilines is 1. The van der Waals surface area contributed by atoms with Crippen LogP contribution in [0.2, 0.25) is 0 Å². The van der Waals surface area contributed by atoms with Crippen LogP contribution in [0.1, 0.15) is 31.2 Å². The number of carbonyl (C=O) groups is 1. The van der Waals surface area contributed by atoms with Gasteiger partial charge in [0.2, 0.25) is 0 Å². The van der Waals surface area contributed by atoms with E-state index in [1.165, 1.54) is 0 Å². The first-order valence-electron chi connectivity index (χ1n) is 8.13. The Bertz CT molecular complexity index is 521. The molecule has 5 nitrogen and oxygen atoms in total. The minimum Gasteiger partial charge on any atom is -0.489 e. The van der Waals surface area contributed by atoms with Gasteiger partial charge in [-0.25, -0.2) is 4.79 Å². The summed E-state index contributed by atoms with van der Waals surface area (Å²) in [7, 11) is 0. The molecular weight excluding hydrogens is 280 g/mol. The number of benzene rings is 1. The smallest absolute Gasteiger partial charge is 0.321 e. The number of nitrogens with zero attached hydrogens (tertiary/aromatic N) is 1. The SMILES string of the molecule is Cc1ccc(NC(=O)N2CCCC2)c(OC[C@H]2CCCO2)c1. The molecule has 3 rings (SSSR count). The first kappa shape index (κ1) is 15.2. The van der Waals surface area contributed by atoms with Gasteiger partial charge in [0, 0.05) is 19.7 Å². The fourth-order valence-electron chi connectivity index (χ4n) is 2.93. The molecule has 0 spiro atoms. The largest absolute Gasteiger partial charge is 0.489 e. The first-order chi connectivity index (χ1) is 10.7. The molecular formula is C17H24N2O3. The summed E-state index contributed by atoms with van der Waals surface area (Å²) in [5.41, 5.74) is 1.85. The van der Waals surface area contributed by atoms with Crippen molar-refractivity contribution in [3.05, 3.63) is 23.8 Å². The van der Waals surface area contributed by atoms with Crippen LogP contribution < -0.4 is 10.1 Å². The number of likely N-dealkylation sites (tertiary alicyclic amines) is 1. The van der Waals surface area contributed by atoms with Gasteiger partial charge < -0.3 is 19.7 Å². The summed E-state index contributed by atoms with van der Waals surface area (Å²) in [5.74, 6) is 0.725. The lowest BCUT2D eigenvalue weighted by Gasteiger charge is -2.19. The molecule has 1 N–H and O–H groups in total. The summed E-state index contributed by atoms with van der Waals surface area (Å²) in [5, 5.41) is 2.98. The maximum atomic E-state index is 12.2. The minimum atomic E-state index is -0.0386. The fourth-order valence-corrected chi connectivity index (χ4v) is 2.93. The number of carbonyl (C=O) groups excluding carboxylic acids is 1. The molecule has 0 bridgehead atoms. The number of hydrogen-bond donors (Lipinski definition) is 1. The number of ether oxygens (including phenoxy) is 2. The van der Waals surface area contributed by atoms with Gasteiger partial charge in [0.1, 0.15) is 12.4 Å². The van der Waals surface area contributed by atoms with Crippen molar-refractivity contribution >= 4 is 11.7 Å². The summed E-state index contributed by atoms with van der Waals surface area (Å²) >= 11 is 0. The van der Waals surface area contributed by atoms with Crippen LogP contribution >= 0.6 is 0 Å². The highest BCUT2D eigenvalue weighted by atomic mass is 16.5. The number of aryl methyl sites for hydroxylation is 1. The van der Waals surface area contributed by atoms with Crippen LogP contribution in [0.3, 0.4) is 0 Å². The molecule has 22 heavy (non-hydrogen) atoms. The van der Waals surface area contributed by atoms with E-state index in [1.54, 1.807) is 0 Å². The highest BCUT2D eigenvalue weighted by Gasteiger charge is 2.20. The second-order valence-corrected chi connectivity index (χ2v) is 6.07. The van der Waals surface area contributed by atoms with Gasteiger partial charge in [0.05, 0.1) is 11.8 Å². The van der Waals surface area contributed by atoms with E-state index in [4.69, 9.17) is 9.47 Å². The normalized spacial score (nSPS) is 21.1. The Kier molecular flexibility index (Phi) is 4.83. The van der Waals surface area contributed by atoms with Crippen molar-refractivity contribution in [1.82, 2.24) is 4.90 Å². The fraction of sp³-hybridized carbons (Fsp3) is 0.588. The molecule has 0 aliphatic carbocycles. The average molecular weight is 304 g/mol. The molecule has 0 radical (unpaired) electrons. The van der Waals surface area contributed by atoms with Crippen LogP contribution in [-0.2, 0) is 4.74 Å². The van der Waals surface area contributed by atoms with Crippen LogP contribution in [-0.4, -0.2) is 43.3 Å². The predicted octanol–water partition coefficient (Wildman–Crippen LogP) is 3.18. The molecule has 0 unspecified atom stereocenters. The van der Waals surface area contributed by atoms with Crippen molar-refractivity contribution in [1.29, 1.82) is 0 Å². The van der Waals surface area contributed by atoms with Crippen LogP contribution in [0.5, 0.6) is 5.75 Å². The second kappa shape index (κ2) is 7.01. The zero-order valence-electron chi connectivity index (χ0n) is 13.1. The van der Waals surface area contributed by atoms with Gasteiger partial charge >= 0.3 is 6.03 Å².